The Kier molecular flexibility index (Phi) is 2.65. The maximum Gasteiger partial charge on any atom is 0.257 e. The molecule has 0 atom stereocenters. The Balaban J connectivity index is 3.33. The van der Waals surface area contributed by atoms with Gasteiger partial charge in [0.05, 0.1) is 11.3 Å². The predicted octanol–water partition coefficient (Wildman–Crippen LogP) is 0.985. The Labute approximate surface area is 82.9 Å². The highest BCUT2D eigenvalue weighted by Gasteiger charge is 2.17. The van der Waals surface area contributed by atoms with Gasteiger partial charge >= 0.3 is 0 Å². The second kappa shape index (κ2) is 3.57. The molecule has 0 saturated heterocycles. The normalized spacial score (nSPS) is 9.93. The molecule has 3 N–H and O–H groups in total. The number of hydrogen-bond acceptors (Lipinski definition) is 3. The molecule has 1 aromatic rings. The zero-order valence-electron chi connectivity index (χ0n) is 8.53. The molecule has 0 aromatic heterocycles. The van der Waals surface area contributed by atoms with Gasteiger partial charge in [-0.3, -0.25) is 4.79 Å². The van der Waals surface area contributed by atoms with E-state index in [1.807, 2.05) is 0 Å². The number of aromatic hydroxyl groups is 1. The highest BCUT2D eigenvalue weighted by atomic mass is 16.3. The number of nitrogens with zero attached hydrogens (tertiary/aromatic N) is 1. The number of carbonyl (C=O) groups excluding carboxylic acids is 1. The summed E-state index contributed by atoms with van der Waals surface area (Å²) in [6.45, 7) is 1.76. The number of nitrogens with two attached hydrogens (primary N) is 1. The first kappa shape index (κ1) is 10.4. The van der Waals surface area contributed by atoms with Crippen molar-refractivity contribution in [2.75, 3.05) is 19.8 Å². The first-order chi connectivity index (χ1) is 6.45. The van der Waals surface area contributed by atoms with E-state index in [0.29, 0.717) is 0 Å². The molecule has 4 nitrogen and oxygen atoms in total. The lowest BCUT2D eigenvalue weighted by Crippen LogP contribution is -2.22. The Morgan fingerprint density at radius 3 is 2.50 bits per heavy atom. The van der Waals surface area contributed by atoms with Crippen LogP contribution in [0.2, 0.25) is 0 Å². The van der Waals surface area contributed by atoms with Crippen LogP contribution >= 0.6 is 0 Å². The van der Waals surface area contributed by atoms with Crippen molar-refractivity contribution < 1.29 is 9.90 Å². The zero-order valence-corrected chi connectivity index (χ0v) is 8.53. The molecular formula is C10H14N2O2. The summed E-state index contributed by atoms with van der Waals surface area (Å²) in [4.78, 5) is 13.1. The fraction of sp³-hybridized carbons (Fsp3) is 0.300. The Bertz CT molecular complexity index is 373. The van der Waals surface area contributed by atoms with Gasteiger partial charge < -0.3 is 15.7 Å². The van der Waals surface area contributed by atoms with Crippen LogP contribution in [0.15, 0.2) is 12.1 Å². The first-order valence-electron chi connectivity index (χ1n) is 4.25. The summed E-state index contributed by atoms with van der Waals surface area (Å²) in [7, 11) is 3.26. The van der Waals surface area contributed by atoms with Crippen LogP contribution < -0.4 is 5.73 Å². The smallest absolute Gasteiger partial charge is 0.257 e. The number of hydrogen-bond donors (Lipinski definition) is 2. The molecule has 0 fully saturated rings. The van der Waals surface area contributed by atoms with Gasteiger partial charge in [-0.1, -0.05) is 6.07 Å². The lowest BCUT2D eigenvalue weighted by molar-refractivity contribution is 0.0824. The quantitative estimate of drug-likeness (QED) is 0.517. The van der Waals surface area contributed by atoms with E-state index in [2.05, 4.69) is 0 Å². The maximum absolute atomic E-state index is 11.6. The summed E-state index contributed by atoms with van der Waals surface area (Å²) in [6, 6.07) is 3.29. The number of nitrogen functional groups attached to an aromatic ring is 1. The first-order valence-corrected chi connectivity index (χ1v) is 4.25. The van der Waals surface area contributed by atoms with Crippen molar-refractivity contribution in [1.29, 1.82) is 0 Å². The van der Waals surface area contributed by atoms with E-state index in [1.54, 1.807) is 33.2 Å². The number of aryl methyl sites for hydroxylation is 1. The molecular weight excluding hydrogens is 180 g/mol. The van der Waals surface area contributed by atoms with Crippen molar-refractivity contribution in [3.8, 4) is 5.75 Å². The summed E-state index contributed by atoms with van der Waals surface area (Å²) in [5.41, 5.74) is 6.72. The molecule has 0 aliphatic rings. The van der Waals surface area contributed by atoms with E-state index >= 15 is 0 Å². The van der Waals surface area contributed by atoms with Crippen molar-refractivity contribution in [2.24, 2.45) is 0 Å². The third-order valence-electron chi connectivity index (χ3n) is 2.04. The van der Waals surface area contributed by atoms with E-state index in [4.69, 9.17) is 5.73 Å². The number of anilines is 1. The SMILES string of the molecule is Cc1ccc(N)c(O)c1C(=O)N(C)C. The molecule has 0 spiro atoms. The number of phenols is 1. The molecule has 1 amide bonds. The van der Waals surface area contributed by atoms with Crippen molar-refractivity contribution in [1.82, 2.24) is 4.90 Å². The largest absolute Gasteiger partial charge is 0.505 e. The minimum Gasteiger partial charge on any atom is -0.505 e. The molecule has 0 saturated carbocycles. The second-order valence-electron chi connectivity index (χ2n) is 3.39. The van der Waals surface area contributed by atoms with Gasteiger partial charge in [0.25, 0.3) is 5.91 Å². The molecule has 76 valence electrons. The molecule has 0 aliphatic carbocycles. The number of amides is 1. The monoisotopic (exact) mass is 194 g/mol. The maximum atomic E-state index is 11.6. The summed E-state index contributed by atoms with van der Waals surface area (Å²) >= 11 is 0. The average Bonchev–Trinajstić information content (AvgIpc) is 2.12. The minimum absolute atomic E-state index is 0.135. The molecule has 0 aliphatic heterocycles. The molecule has 4 heteroatoms. The van der Waals surface area contributed by atoms with Gasteiger partial charge in [0.1, 0.15) is 0 Å². The van der Waals surface area contributed by atoms with Crippen LogP contribution in [0.25, 0.3) is 0 Å². The van der Waals surface area contributed by atoms with E-state index in [9.17, 15) is 9.90 Å². The minimum atomic E-state index is -0.243. The van der Waals surface area contributed by atoms with Gasteiger partial charge in [0, 0.05) is 14.1 Å². The molecule has 0 heterocycles. The van der Waals surface area contributed by atoms with Crippen molar-refractivity contribution in [2.45, 2.75) is 6.92 Å². The summed E-state index contributed by atoms with van der Waals surface area (Å²) < 4.78 is 0. The van der Waals surface area contributed by atoms with Gasteiger partial charge in [-0.05, 0) is 18.6 Å². The summed E-state index contributed by atoms with van der Waals surface area (Å²) in [6.07, 6.45) is 0. The molecule has 14 heavy (non-hydrogen) atoms. The lowest BCUT2D eigenvalue weighted by Gasteiger charge is -2.14. The number of phenolic OH excluding ortho intramolecular Hbond substituents is 1. The van der Waals surface area contributed by atoms with E-state index in [-0.39, 0.29) is 22.9 Å². The Morgan fingerprint density at radius 2 is 2.00 bits per heavy atom. The fourth-order valence-corrected chi connectivity index (χ4v) is 1.20. The van der Waals surface area contributed by atoms with Crippen LogP contribution in [0.3, 0.4) is 0 Å². The van der Waals surface area contributed by atoms with Crippen LogP contribution in [-0.4, -0.2) is 30.0 Å². The van der Waals surface area contributed by atoms with Gasteiger partial charge in [0.15, 0.2) is 5.75 Å². The molecule has 0 radical (unpaired) electrons. The van der Waals surface area contributed by atoms with Crippen LogP contribution in [0, 0.1) is 6.92 Å². The number of benzene rings is 1. The van der Waals surface area contributed by atoms with E-state index < -0.39 is 0 Å². The van der Waals surface area contributed by atoms with E-state index in [0.717, 1.165) is 5.56 Å². The van der Waals surface area contributed by atoms with Crippen molar-refractivity contribution >= 4 is 11.6 Å². The number of carbonyl (C=O) groups is 1. The average molecular weight is 194 g/mol. The van der Waals surface area contributed by atoms with E-state index in [1.165, 1.54) is 4.90 Å². The Morgan fingerprint density at radius 1 is 1.43 bits per heavy atom. The zero-order chi connectivity index (χ0) is 10.9. The van der Waals surface area contributed by atoms with Crippen LogP contribution in [0.1, 0.15) is 15.9 Å². The van der Waals surface area contributed by atoms with Crippen LogP contribution in [-0.2, 0) is 0 Å². The van der Waals surface area contributed by atoms with Crippen molar-refractivity contribution in [3.05, 3.63) is 23.3 Å². The molecule has 1 aromatic carbocycles. The third-order valence-corrected chi connectivity index (χ3v) is 2.04. The van der Waals surface area contributed by atoms with Crippen LogP contribution in [0.5, 0.6) is 5.75 Å². The standard InChI is InChI=1S/C10H14N2O2/c1-6-4-5-7(11)9(13)8(6)10(14)12(2)3/h4-5,13H,11H2,1-3H3. The fourth-order valence-electron chi connectivity index (χ4n) is 1.20. The van der Waals surface area contributed by atoms with Crippen molar-refractivity contribution in [3.63, 3.8) is 0 Å². The highest BCUT2D eigenvalue weighted by Crippen LogP contribution is 2.28. The molecule has 0 unspecified atom stereocenters. The van der Waals surface area contributed by atoms with Gasteiger partial charge in [-0.2, -0.15) is 0 Å². The van der Waals surface area contributed by atoms with Gasteiger partial charge in [-0.25, -0.2) is 0 Å². The van der Waals surface area contributed by atoms with Gasteiger partial charge in [0.2, 0.25) is 0 Å². The highest BCUT2D eigenvalue weighted by molar-refractivity contribution is 5.99. The van der Waals surface area contributed by atoms with Crippen LogP contribution in [0.4, 0.5) is 5.69 Å². The molecule has 0 bridgehead atoms. The summed E-state index contributed by atoms with van der Waals surface area (Å²) in [5, 5.41) is 9.63. The second-order valence-corrected chi connectivity index (χ2v) is 3.39. The topological polar surface area (TPSA) is 66.6 Å². The Hall–Kier alpha value is -1.71. The van der Waals surface area contributed by atoms with Gasteiger partial charge in [-0.15, -0.1) is 0 Å². The third kappa shape index (κ3) is 1.64. The summed E-state index contributed by atoms with van der Waals surface area (Å²) in [5.74, 6) is -0.379. The lowest BCUT2D eigenvalue weighted by atomic mass is 10.1. The number of rotatable bonds is 1. The molecule has 1 rings (SSSR count). The predicted molar refractivity (Wildman–Crippen MR) is 55.3 cm³/mol.